The van der Waals surface area contributed by atoms with Crippen molar-refractivity contribution in [3.63, 3.8) is 0 Å². The second kappa shape index (κ2) is 4.45. The normalized spacial score (nSPS) is 18.9. The van der Waals surface area contributed by atoms with Gasteiger partial charge in [0.2, 0.25) is 0 Å². The SMILES string of the molecule is FC(F)(F)c1c[nH]c(CC2CCNCC2)n1. The zero-order valence-electron chi connectivity index (χ0n) is 8.77. The largest absolute Gasteiger partial charge is 0.434 e. The Balaban J connectivity index is 1.97. The van der Waals surface area contributed by atoms with Gasteiger partial charge in [-0.15, -0.1) is 0 Å². The summed E-state index contributed by atoms with van der Waals surface area (Å²) in [4.78, 5) is 6.18. The average molecular weight is 233 g/mol. The number of aromatic amines is 1. The first-order valence-electron chi connectivity index (χ1n) is 5.38. The Hall–Kier alpha value is -1.04. The van der Waals surface area contributed by atoms with Gasteiger partial charge in [0.25, 0.3) is 0 Å². The number of rotatable bonds is 2. The van der Waals surface area contributed by atoms with Crippen molar-refractivity contribution in [2.45, 2.75) is 25.4 Å². The second-order valence-corrected chi connectivity index (χ2v) is 4.13. The highest BCUT2D eigenvalue weighted by Crippen LogP contribution is 2.28. The molecule has 0 unspecified atom stereocenters. The van der Waals surface area contributed by atoms with Gasteiger partial charge in [-0.05, 0) is 31.8 Å². The lowest BCUT2D eigenvalue weighted by Crippen LogP contribution is -2.28. The van der Waals surface area contributed by atoms with Crippen LogP contribution in [0, 0.1) is 5.92 Å². The summed E-state index contributed by atoms with van der Waals surface area (Å²) in [5, 5.41) is 3.22. The van der Waals surface area contributed by atoms with E-state index in [4.69, 9.17) is 0 Å². The predicted octanol–water partition coefficient (Wildman–Crippen LogP) is 1.97. The molecule has 0 saturated carbocycles. The molecule has 1 aliphatic heterocycles. The molecule has 2 heterocycles. The maximum absolute atomic E-state index is 12.3. The van der Waals surface area contributed by atoms with Gasteiger partial charge in [-0.2, -0.15) is 13.2 Å². The van der Waals surface area contributed by atoms with Crippen LogP contribution in [0.2, 0.25) is 0 Å². The molecular weight excluding hydrogens is 219 g/mol. The van der Waals surface area contributed by atoms with Crippen LogP contribution in [-0.2, 0) is 12.6 Å². The van der Waals surface area contributed by atoms with Crippen molar-refractivity contribution < 1.29 is 13.2 Å². The lowest BCUT2D eigenvalue weighted by Gasteiger charge is -2.21. The highest BCUT2D eigenvalue weighted by atomic mass is 19.4. The third-order valence-corrected chi connectivity index (χ3v) is 2.86. The van der Waals surface area contributed by atoms with Crippen molar-refractivity contribution >= 4 is 0 Å². The summed E-state index contributed by atoms with van der Waals surface area (Å²) in [6.45, 7) is 1.88. The van der Waals surface area contributed by atoms with E-state index in [1.807, 2.05) is 0 Å². The number of H-pyrrole nitrogens is 1. The van der Waals surface area contributed by atoms with Gasteiger partial charge in [0.05, 0.1) is 0 Å². The van der Waals surface area contributed by atoms with Crippen LogP contribution in [0.3, 0.4) is 0 Å². The molecule has 1 fully saturated rings. The molecule has 2 rings (SSSR count). The standard InChI is InChI=1S/C10H14F3N3/c11-10(12,13)8-6-15-9(16-8)5-7-1-3-14-4-2-7/h6-7,14H,1-5H2,(H,15,16). The van der Waals surface area contributed by atoms with E-state index < -0.39 is 11.9 Å². The number of nitrogens with one attached hydrogen (secondary N) is 2. The quantitative estimate of drug-likeness (QED) is 0.820. The van der Waals surface area contributed by atoms with Crippen molar-refractivity contribution in [2.75, 3.05) is 13.1 Å². The molecule has 1 aromatic heterocycles. The molecule has 6 heteroatoms. The van der Waals surface area contributed by atoms with Crippen LogP contribution in [0.25, 0.3) is 0 Å². The minimum Gasteiger partial charge on any atom is -0.348 e. The molecule has 0 amide bonds. The fourth-order valence-corrected chi connectivity index (χ4v) is 1.97. The van der Waals surface area contributed by atoms with E-state index in [-0.39, 0.29) is 0 Å². The molecule has 90 valence electrons. The number of imidazole rings is 1. The van der Waals surface area contributed by atoms with Crippen LogP contribution < -0.4 is 5.32 Å². The molecular formula is C10H14F3N3. The monoisotopic (exact) mass is 233 g/mol. The Morgan fingerprint density at radius 2 is 2.00 bits per heavy atom. The van der Waals surface area contributed by atoms with Crippen molar-refractivity contribution in [1.82, 2.24) is 15.3 Å². The first kappa shape index (κ1) is 11.4. The second-order valence-electron chi connectivity index (χ2n) is 4.13. The summed E-state index contributed by atoms with van der Waals surface area (Å²) < 4.78 is 36.9. The summed E-state index contributed by atoms with van der Waals surface area (Å²) >= 11 is 0. The smallest absolute Gasteiger partial charge is 0.348 e. The number of aromatic nitrogens is 2. The van der Waals surface area contributed by atoms with Crippen LogP contribution in [0.5, 0.6) is 0 Å². The Bertz CT molecular complexity index is 339. The summed E-state index contributed by atoms with van der Waals surface area (Å²) in [5.41, 5.74) is -0.823. The van der Waals surface area contributed by atoms with Crippen LogP contribution in [0.4, 0.5) is 13.2 Å². The van der Waals surface area contributed by atoms with Crippen molar-refractivity contribution in [3.05, 3.63) is 17.7 Å². The Morgan fingerprint density at radius 3 is 2.56 bits per heavy atom. The zero-order chi connectivity index (χ0) is 11.6. The van der Waals surface area contributed by atoms with Crippen molar-refractivity contribution in [2.24, 2.45) is 5.92 Å². The lowest BCUT2D eigenvalue weighted by molar-refractivity contribution is -0.140. The van der Waals surface area contributed by atoms with Gasteiger partial charge < -0.3 is 10.3 Å². The van der Waals surface area contributed by atoms with E-state index >= 15 is 0 Å². The van der Waals surface area contributed by atoms with Crippen LogP contribution in [0.1, 0.15) is 24.4 Å². The van der Waals surface area contributed by atoms with Gasteiger partial charge in [-0.1, -0.05) is 0 Å². The Kier molecular flexibility index (Phi) is 3.18. The molecule has 1 aromatic rings. The maximum atomic E-state index is 12.3. The molecule has 0 spiro atoms. The molecule has 2 N–H and O–H groups in total. The molecule has 1 aliphatic rings. The predicted molar refractivity (Wildman–Crippen MR) is 52.9 cm³/mol. The van der Waals surface area contributed by atoms with E-state index in [2.05, 4.69) is 15.3 Å². The lowest BCUT2D eigenvalue weighted by atomic mass is 9.94. The third-order valence-electron chi connectivity index (χ3n) is 2.86. The van der Waals surface area contributed by atoms with Crippen molar-refractivity contribution in [3.8, 4) is 0 Å². The molecule has 0 radical (unpaired) electrons. The number of nitrogens with zero attached hydrogens (tertiary/aromatic N) is 1. The number of halogens is 3. The average Bonchev–Trinajstić information content (AvgIpc) is 2.67. The molecule has 0 atom stereocenters. The van der Waals surface area contributed by atoms with E-state index in [1.165, 1.54) is 0 Å². The third kappa shape index (κ3) is 2.75. The minimum absolute atomic E-state index is 0.438. The summed E-state index contributed by atoms with van der Waals surface area (Å²) in [6.07, 6.45) is -0.791. The highest BCUT2D eigenvalue weighted by Gasteiger charge is 2.33. The summed E-state index contributed by atoms with van der Waals surface area (Å²) in [7, 11) is 0. The molecule has 0 aromatic carbocycles. The first-order valence-corrected chi connectivity index (χ1v) is 5.38. The Labute approximate surface area is 91.5 Å². The molecule has 3 nitrogen and oxygen atoms in total. The molecule has 0 aliphatic carbocycles. The van der Waals surface area contributed by atoms with E-state index in [1.54, 1.807) is 0 Å². The fourth-order valence-electron chi connectivity index (χ4n) is 1.97. The highest BCUT2D eigenvalue weighted by molar-refractivity contribution is 5.05. The van der Waals surface area contributed by atoms with Crippen molar-refractivity contribution in [1.29, 1.82) is 0 Å². The maximum Gasteiger partial charge on any atom is 0.434 e. The number of hydrogen-bond donors (Lipinski definition) is 2. The molecule has 1 saturated heterocycles. The minimum atomic E-state index is -4.34. The molecule has 16 heavy (non-hydrogen) atoms. The van der Waals surface area contributed by atoms with E-state index in [0.717, 1.165) is 32.1 Å². The van der Waals surface area contributed by atoms with Gasteiger partial charge in [-0.3, -0.25) is 0 Å². The summed E-state index contributed by atoms with van der Waals surface area (Å²) in [6, 6.07) is 0. The van der Waals surface area contributed by atoms with E-state index in [9.17, 15) is 13.2 Å². The van der Waals surface area contributed by atoms with Crippen LogP contribution in [-0.4, -0.2) is 23.1 Å². The molecule has 0 bridgehead atoms. The van der Waals surface area contributed by atoms with Crippen LogP contribution >= 0.6 is 0 Å². The zero-order valence-corrected chi connectivity index (χ0v) is 8.77. The summed E-state index contributed by atoms with van der Waals surface area (Å²) in [5.74, 6) is 0.882. The van der Waals surface area contributed by atoms with E-state index in [0.29, 0.717) is 18.2 Å². The van der Waals surface area contributed by atoms with Gasteiger partial charge in [0.15, 0.2) is 5.69 Å². The van der Waals surface area contributed by atoms with Gasteiger partial charge in [0, 0.05) is 12.6 Å². The number of piperidine rings is 1. The topological polar surface area (TPSA) is 40.7 Å². The van der Waals surface area contributed by atoms with Gasteiger partial charge >= 0.3 is 6.18 Å². The Morgan fingerprint density at radius 1 is 1.31 bits per heavy atom. The van der Waals surface area contributed by atoms with Gasteiger partial charge in [-0.25, -0.2) is 4.98 Å². The first-order chi connectivity index (χ1) is 7.55. The number of hydrogen-bond acceptors (Lipinski definition) is 2. The fraction of sp³-hybridized carbons (Fsp3) is 0.700. The van der Waals surface area contributed by atoms with Crippen LogP contribution in [0.15, 0.2) is 6.20 Å². The van der Waals surface area contributed by atoms with Gasteiger partial charge in [0.1, 0.15) is 5.82 Å². The number of alkyl halides is 3.